The fourth-order valence-corrected chi connectivity index (χ4v) is 3.26. The van der Waals surface area contributed by atoms with Crippen LogP contribution in [0.1, 0.15) is 16.7 Å². The van der Waals surface area contributed by atoms with Crippen LogP contribution in [0.2, 0.25) is 0 Å². The fraction of sp³-hybridized carbons (Fsp3) is 0.316. The topological polar surface area (TPSA) is 38.3 Å². The van der Waals surface area contributed by atoms with E-state index in [0.29, 0.717) is 6.54 Å². The van der Waals surface area contributed by atoms with Crippen LogP contribution in [-0.2, 0) is 10.5 Å². The number of thioether (sulfide) groups is 1. The van der Waals surface area contributed by atoms with Gasteiger partial charge in [-0.15, -0.1) is 0 Å². The molecule has 0 aliphatic carbocycles. The number of rotatable bonds is 8. The lowest BCUT2D eigenvalue weighted by Gasteiger charge is -2.10. The monoisotopic (exact) mass is 407 g/mol. The number of carbonyl (C=O) groups is 1. The first-order valence-corrected chi connectivity index (χ1v) is 9.79. The molecule has 0 atom stereocenters. The van der Waals surface area contributed by atoms with Crippen LogP contribution in [0.5, 0.6) is 5.75 Å². The van der Waals surface area contributed by atoms with Crippen LogP contribution >= 0.6 is 27.7 Å². The molecule has 2 rings (SSSR count). The largest absolute Gasteiger partial charge is 0.484 e. The molecule has 128 valence electrons. The third-order valence-corrected chi connectivity index (χ3v) is 5.74. The molecule has 3 nitrogen and oxygen atoms in total. The summed E-state index contributed by atoms with van der Waals surface area (Å²) in [4.78, 5) is 11.8. The van der Waals surface area contributed by atoms with Crippen molar-refractivity contribution in [3.8, 4) is 5.75 Å². The molecule has 0 saturated carbocycles. The summed E-state index contributed by atoms with van der Waals surface area (Å²) >= 11 is 5.33. The molecule has 0 aliphatic heterocycles. The number of hydrogen-bond donors (Lipinski definition) is 1. The average molecular weight is 408 g/mol. The highest BCUT2D eigenvalue weighted by Gasteiger charge is 2.06. The summed E-state index contributed by atoms with van der Waals surface area (Å²) in [6.07, 6.45) is 0. The Morgan fingerprint density at radius 3 is 2.50 bits per heavy atom. The molecule has 0 heterocycles. The van der Waals surface area contributed by atoms with Gasteiger partial charge >= 0.3 is 0 Å². The molecule has 0 fully saturated rings. The summed E-state index contributed by atoms with van der Waals surface area (Å²) in [6.45, 7) is 4.71. The minimum Gasteiger partial charge on any atom is -0.484 e. The zero-order valence-corrected chi connectivity index (χ0v) is 16.4. The molecule has 0 unspecified atom stereocenters. The van der Waals surface area contributed by atoms with E-state index in [9.17, 15) is 4.79 Å². The van der Waals surface area contributed by atoms with Gasteiger partial charge in [0.05, 0.1) is 0 Å². The van der Waals surface area contributed by atoms with E-state index in [2.05, 4.69) is 33.4 Å². The lowest BCUT2D eigenvalue weighted by Crippen LogP contribution is -2.30. The number of halogens is 1. The standard InChI is InChI=1S/C19H22BrNO2S/c1-14-10-17(11-15(2)19(14)20)23-12-18(22)21-8-9-24-13-16-6-4-3-5-7-16/h3-7,10-11H,8-9,12-13H2,1-2H3,(H,21,22). The third kappa shape index (κ3) is 6.21. The van der Waals surface area contributed by atoms with Crippen LogP contribution in [-0.4, -0.2) is 24.8 Å². The van der Waals surface area contributed by atoms with Crippen molar-refractivity contribution >= 4 is 33.6 Å². The van der Waals surface area contributed by atoms with Gasteiger partial charge in [-0.3, -0.25) is 4.79 Å². The minimum absolute atomic E-state index is 0.0455. The maximum atomic E-state index is 11.8. The maximum absolute atomic E-state index is 11.8. The van der Waals surface area contributed by atoms with Crippen LogP contribution in [0.3, 0.4) is 0 Å². The van der Waals surface area contributed by atoms with Crippen LogP contribution in [0, 0.1) is 13.8 Å². The Morgan fingerprint density at radius 1 is 1.17 bits per heavy atom. The second-order valence-electron chi connectivity index (χ2n) is 5.55. The van der Waals surface area contributed by atoms with Crippen molar-refractivity contribution in [1.29, 1.82) is 0 Å². The zero-order valence-electron chi connectivity index (χ0n) is 14.0. The molecule has 0 aliphatic rings. The number of nitrogens with one attached hydrogen (secondary N) is 1. The van der Waals surface area contributed by atoms with E-state index in [-0.39, 0.29) is 12.5 Å². The molecular weight excluding hydrogens is 386 g/mol. The van der Waals surface area contributed by atoms with E-state index < -0.39 is 0 Å². The third-order valence-electron chi connectivity index (χ3n) is 3.46. The Bertz CT molecular complexity index is 653. The lowest BCUT2D eigenvalue weighted by molar-refractivity contribution is -0.122. The highest BCUT2D eigenvalue weighted by Crippen LogP contribution is 2.26. The second kappa shape index (κ2) is 9.74. The first kappa shape index (κ1) is 18.9. The van der Waals surface area contributed by atoms with Crippen LogP contribution in [0.4, 0.5) is 0 Å². The van der Waals surface area contributed by atoms with Crippen molar-refractivity contribution in [2.75, 3.05) is 18.9 Å². The molecule has 0 spiro atoms. The Balaban J connectivity index is 1.63. The van der Waals surface area contributed by atoms with Crippen molar-refractivity contribution in [3.05, 3.63) is 63.6 Å². The Kier molecular flexibility index (Phi) is 7.66. The van der Waals surface area contributed by atoms with E-state index in [1.165, 1.54) is 5.56 Å². The number of aryl methyl sites for hydroxylation is 2. The predicted molar refractivity (Wildman–Crippen MR) is 105 cm³/mol. The van der Waals surface area contributed by atoms with Gasteiger partial charge in [0.2, 0.25) is 0 Å². The first-order valence-electron chi connectivity index (χ1n) is 7.84. The highest BCUT2D eigenvalue weighted by molar-refractivity contribution is 9.10. The van der Waals surface area contributed by atoms with Gasteiger partial charge in [0.25, 0.3) is 5.91 Å². The number of hydrogen-bond acceptors (Lipinski definition) is 3. The Hall–Kier alpha value is -1.46. The summed E-state index contributed by atoms with van der Waals surface area (Å²) in [7, 11) is 0. The maximum Gasteiger partial charge on any atom is 0.257 e. The summed E-state index contributed by atoms with van der Waals surface area (Å²) in [6, 6.07) is 14.2. The molecule has 5 heteroatoms. The molecule has 24 heavy (non-hydrogen) atoms. The van der Waals surface area contributed by atoms with Gasteiger partial charge in [-0.25, -0.2) is 0 Å². The molecule has 2 aromatic rings. The fourth-order valence-electron chi connectivity index (χ4n) is 2.22. The number of ether oxygens (including phenoxy) is 1. The summed E-state index contributed by atoms with van der Waals surface area (Å²) in [5.74, 6) is 2.48. The molecule has 0 saturated heterocycles. The van der Waals surface area contributed by atoms with Crippen molar-refractivity contribution in [1.82, 2.24) is 5.32 Å². The average Bonchev–Trinajstić information content (AvgIpc) is 2.58. The molecule has 0 radical (unpaired) electrons. The highest BCUT2D eigenvalue weighted by atomic mass is 79.9. The van der Waals surface area contributed by atoms with Gasteiger partial charge < -0.3 is 10.1 Å². The number of carbonyl (C=O) groups excluding carboxylic acids is 1. The predicted octanol–water partition coefficient (Wildman–Crippen LogP) is 4.49. The van der Waals surface area contributed by atoms with E-state index in [0.717, 1.165) is 32.9 Å². The summed E-state index contributed by atoms with van der Waals surface area (Å²) in [5.41, 5.74) is 3.50. The quantitative estimate of drug-likeness (QED) is 0.654. The normalized spacial score (nSPS) is 10.5. The smallest absolute Gasteiger partial charge is 0.257 e. The van der Waals surface area contributed by atoms with E-state index in [4.69, 9.17) is 4.74 Å². The Labute approximate surface area is 156 Å². The molecule has 0 aromatic heterocycles. The van der Waals surface area contributed by atoms with Crippen LogP contribution < -0.4 is 10.1 Å². The van der Waals surface area contributed by atoms with E-state index in [1.54, 1.807) is 0 Å². The second-order valence-corrected chi connectivity index (χ2v) is 7.45. The molecule has 1 amide bonds. The summed E-state index contributed by atoms with van der Waals surface area (Å²) in [5, 5.41) is 2.89. The SMILES string of the molecule is Cc1cc(OCC(=O)NCCSCc2ccccc2)cc(C)c1Br. The van der Waals surface area contributed by atoms with E-state index >= 15 is 0 Å². The van der Waals surface area contributed by atoms with Crippen LogP contribution in [0.15, 0.2) is 46.9 Å². The minimum atomic E-state index is -0.0893. The van der Waals surface area contributed by atoms with Crippen molar-refractivity contribution in [2.45, 2.75) is 19.6 Å². The zero-order chi connectivity index (χ0) is 17.4. The van der Waals surface area contributed by atoms with Gasteiger partial charge in [-0.1, -0.05) is 46.3 Å². The van der Waals surface area contributed by atoms with Gasteiger partial charge in [-0.05, 0) is 42.7 Å². The summed E-state index contributed by atoms with van der Waals surface area (Å²) < 4.78 is 6.65. The van der Waals surface area contributed by atoms with Crippen molar-refractivity contribution in [2.24, 2.45) is 0 Å². The van der Waals surface area contributed by atoms with E-state index in [1.807, 2.05) is 55.9 Å². The molecule has 2 aromatic carbocycles. The molecule has 0 bridgehead atoms. The lowest BCUT2D eigenvalue weighted by atomic mass is 10.1. The Morgan fingerprint density at radius 2 is 1.83 bits per heavy atom. The van der Waals surface area contributed by atoms with Crippen LogP contribution in [0.25, 0.3) is 0 Å². The van der Waals surface area contributed by atoms with Gasteiger partial charge in [0, 0.05) is 22.5 Å². The van der Waals surface area contributed by atoms with Gasteiger partial charge in [0.1, 0.15) is 5.75 Å². The van der Waals surface area contributed by atoms with Crippen molar-refractivity contribution in [3.63, 3.8) is 0 Å². The number of benzene rings is 2. The molecular formula is C19H22BrNO2S. The van der Waals surface area contributed by atoms with Crippen molar-refractivity contribution < 1.29 is 9.53 Å². The van der Waals surface area contributed by atoms with Gasteiger partial charge in [-0.2, -0.15) is 11.8 Å². The molecule has 1 N–H and O–H groups in total. The first-order chi connectivity index (χ1) is 11.6. The number of amides is 1. The van der Waals surface area contributed by atoms with Gasteiger partial charge in [0.15, 0.2) is 6.61 Å².